The van der Waals surface area contributed by atoms with Crippen molar-refractivity contribution in [1.29, 1.82) is 0 Å². The van der Waals surface area contributed by atoms with Crippen molar-refractivity contribution < 1.29 is 18.0 Å². The van der Waals surface area contributed by atoms with Gasteiger partial charge in [0.2, 0.25) is 0 Å². The largest absolute Gasteiger partial charge is 0.434 e. The fourth-order valence-electron chi connectivity index (χ4n) is 1.57. The van der Waals surface area contributed by atoms with Crippen molar-refractivity contribution in [2.75, 3.05) is 5.32 Å². The van der Waals surface area contributed by atoms with Crippen LogP contribution in [0.1, 0.15) is 16.4 Å². The van der Waals surface area contributed by atoms with E-state index in [2.05, 4.69) is 20.7 Å². The van der Waals surface area contributed by atoms with Gasteiger partial charge in [-0.3, -0.25) is 4.68 Å². The molecule has 0 bridgehead atoms. The Morgan fingerprint density at radius 2 is 2.19 bits per heavy atom. The molecule has 114 valence electrons. The second-order valence-electron chi connectivity index (χ2n) is 4.23. The third kappa shape index (κ3) is 3.94. The first kappa shape index (κ1) is 15.3. The van der Waals surface area contributed by atoms with Crippen molar-refractivity contribution in [1.82, 2.24) is 20.1 Å². The van der Waals surface area contributed by atoms with Gasteiger partial charge in [0.1, 0.15) is 5.01 Å². The van der Waals surface area contributed by atoms with E-state index in [4.69, 9.17) is 0 Å². The summed E-state index contributed by atoms with van der Waals surface area (Å²) in [4.78, 5) is 15.1. The van der Waals surface area contributed by atoms with Gasteiger partial charge < -0.3 is 10.6 Å². The SMILES string of the molecule is Cc1nn(C)cc1NC(=O)NCc1nc(C(F)(F)F)cs1. The maximum absolute atomic E-state index is 12.4. The highest BCUT2D eigenvalue weighted by Crippen LogP contribution is 2.29. The molecule has 0 aliphatic rings. The smallest absolute Gasteiger partial charge is 0.331 e. The number of rotatable bonds is 3. The lowest BCUT2D eigenvalue weighted by Crippen LogP contribution is -2.28. The molecule has 21 heavy (non-hydrogen) atoms. The molecule has 2 aromatic heterocycles. The third-order valence-corrected chi connectivity index (χ3v) is 3.35. The highest BCUT2D eigenvalue weighted by Gasteiger charge is 2.33. The summed E-state index contributed by atoms with van der Waals surface area (Å²) in [6.45, 7) is 1.65. The Morgan fingerprint density at radius 3 is 2.71 bits per heavy atom. The average Bonchev–Trinajstić information content (AvgIpc) is 2.94. The van der Waals surface area contributed by atoms with Crippen molar-refractivity contribution in [2.45, 2.75) is 19.6 Å². The van der Waals surface area contributed by atoms with Gasteiger partial charge in [0.25, 0.3) is 0 Å². The van der Waals surface area contributed by atoms with Gasteiger partial charge in [0.05, 0.1) is 17.9 Å². The molecule has 0 aliphatic carbocycles. The van der Waals surface area contributed by atoms with E-state index in [0.29, 0.717) is 11.4 Å². The first-order valence-electron chi connectivity index (χ1n) is 5.82. The number of hydrogen-bond donors (Lipinski definition) is 2. The van der Waals surface area contributed by atoms with E-state index in [9.17, 15) is 18.0 Å². The molecule has 2 aromatic rings. The van der Waals surface area contributed by atoms with Crippen molar-refractivity contribution in [2.24, 2.45) is 7.05 Å². The highest BCUT2D eigenvalue weighted by molar-refractivity contribution is 7.09. The molecular weight excluding hydrogens is 307 g/mol. The zero-order chi connectivity index (χ0) is 15.6. The lowest BCUT2D eigenvalue weighted by Gasteiger charge is -2.05. The Labute approximate surface area is 122 Å². The minimum absolute atomic E-state index is 0.0775. The van der Waals surface area contributed by atoms with E-state index >= 15 is 0 Å². The fraction of sp³-hybridized carbons (Fsp3) is 0.364. The van der Waals surface area contributed by atoms with Crippen LogP contribution >= 0.6 is 11.3 Å². The highest BCUT2D eigenvalue weighted by atomic mass is 32.1. The number of anilines is 1. The molecule has 2 rings (SSSR count). The van der Waals surface area contributed by atoms with Crippen LogP contribution in [0.2, 0.25) is 0 Å². The predicted molar refractivity (Wildman–Crippen MR) is 70.9 cm³/mol. The minimum atomic E-state index is -4.47. The first-order valence-corrected chi connectivity index (χ1v) is 6.70. The van der Waals surface area contributed by atoms with Gasteiger partial charge in [-0.25, -0.2) is 9.78 Å². The van der Waals surface area contributed by atoms with Gasteiger partial charge in [0, 0.05) is 18.6 Å². The zero-order valence-electron chi connectivity index (χ0n) is 11.2. The minimum Gasteiger partial charge on any atom is -0.331 e. The standard InChI is InChI=1S/C11H12F3N5OS/c1-6-7(4-19(2)18-6)16-10(20)15-3-9-17-8(5-21-9)11(12,13)14/h4-5H,3H2,1-2H3,(H2,15,16,20). The molecule has 0 aliphatic heterocycles. The van der Waals surface area contributed by atoms with Crippen molar-refractivity contribution >= 4 is 23.1 Å². The molecule has 0 unspecified atom stereocenters. The van der Waals surface area contributed by atoms with Gasteiger partial charge in [-0.05, 0) is 6.92 Å². The number of aryl methyl sites for hydroxylation is 2. The summed E-state index contributed by atoms with van der Waals surface area (Å²) >= 11 is 0.842. The zero-order valence-corrected chi connectivity index (χ0v) is 12.0. The number of urea groups is 1. The van der Waals surface area contributed by atoms with E-state index in [0.717, 1.165) is 16.7 Å². The van der Waals surface area contributed by atoms with Crippen LogP contribution < -0.4 is 10.6 Å². The maximum Gasteiger partial charge on any atom is 0.434 e. The van der Waals surface area contributed by atoms with Crippen LogP contribution in [0.3, 0.4) is 0 Å². The summed E-state index contributed by atoms with van der Waals surface area (Å²) in [5.74, 6) is 0. The Bertz CT molecular complexity index is 649. The normalized spacial score (nSPS) is 11.5. The number of carbonyl (C=O) groups excluding carboxylic acids is 1. The quantitative estimate of drug-likeness (QED) is 0.913. The lowest BCUT2D eigenvalue weighted by atomic mass is 10.4. The van der Waals surface area contributed by atoms with E-state index in [1.165, 1.54) is 0 Å². The van der Waals surface area contributed by atoms with Crippen LogP contribution in [0.15, 0.2) is 11.6 Å². The van der Waals surface area contributed by atoms with Gasteiger partial charge in [-0.2, -0.15) is 18.3 Å². The van der Waals surface area contributed by atoms with E-state index in [1.807, 2.05) is 0 Å². The number of aromatic nitrogens is 3. The third-order valence-electron chi connectivity index (χ3n) is 2.50. The van der Waals surface area contributed by atoms with E-state index < -0.39 is 17.9 Å². The van der Waals surface area contributed by atoms with Crippen LogP contribution in [-0.2, 0) is 19.8 Å². The fourth-order valence-corrected chi connectivity index (χ4v) is 2.31. The molecule has 0 saturated heterocycles. The Hall–Kier alpha value is -2.10. The van der Waals surface area contributed by atoms with Crippen molar-refractivity contribution in [3.63, 3.8) is 0 Å². The number of alkyl halides is 3. The molecule has 0 radical (unpaired) electrons. The number of amides is 2. The number of carbonyl (C=O) groups is 1. The summed E-state index contributed by atoms with van der Waals surface area (Å²) in [6, 6.07) is -0.533. The van der Waals surface area contributed by atoms with Gasteiger partial charge in [-0.15, -0.1) is 11.3 Å². The monoisotopic (exact) mass is 319 g/mol. The molecule has 10 heteroatoms. The summed E-state index contributed by atoms with van der Waals surface area (Å²) in [6.07, 6.45) is -2.84. The van der Waals surface area contributed by atoms with Gasteiger partial charge in [-0.1, -0.05) is 0 Å². The molecular formula is C11H12F3N5OS. The number of thiazole rings is 1. The topological polar surface area (TPSA) is 71.8 Å². The molecule has 0 fully saturated rings. The van der Waals surface area contributed by atoms with E-state index in [-0.39, 0.29) is 11.6 Å². The van der Waals surface area contributed by atoms with Crippen LogP contribution in [-0.4, -0.2) is 20.8 Å². The van der Waals surface area contributed by atoms with Crippen molar-refractivity contribution in [3.05, 3.63) is 28.0 Å². The van der Waals surface area contributed by atoms with Crippen molar-refractivity contribution in [3.8, 4) is 0 Å². The van der Waals surface area contributed by atoms with Gasteiger partial charge in [0.15, 0.2) is 5.69 Å². The Morgan fingerprint density at radius 1 is 1.48 bits per heavy atom. The van der Waals surface area contributed by atoms with Crippen LogP contribution in [0.5, 0.6) is 0 Å². The summed E-state index contributed by atoms with van der Waals surface area (Å²) in [5, 5.41) is 10.2. The average molecular weight is 319 g/mol. The lowest BCUT2D eigenvalue weighted by molar-refractivity contribution is -0.140. The number of nitrogens with zero attached hydrogens (tertiary/aromatic N) is 3. The predicted octanol–water partition coefficient (Wildman–Crippen LogP) is 2.53. The second kappa shape index (κ2) is 5.72. The van der Waals surface area contributed by atoms with E-state index in [1.54, 1.807) is 24.9 Å². The summed E-state index contributed by atoms with van der Waals surface area (Å²) < 4.78 is 38.7. The Balaban J connectivity index is 1.89. The first-order chi connectivity index (χ1) is 9.75. The number of nitrogens with one attached hydrogen (secondary N) is 2. The van der Waals surface area contributed by atoms with Gasteiger partial charge >= 0.3 is 12.2 Å². The van der Waals surface area contributed by atoms with Crippen LogP contribution in [0, 0.1) is 6.92 Å². The molecule has 6 nitrogen and oxygen atoms in total. The van der Waals surface area contributed by atoms with Crippen LogP contribution in [0.25, 0.3) is 0 Å². The van der Waals surface area contributed by atoms with Crippen LogP contribution in [0.4, 0.5) is 23.7 Å². The molecule has 0 saturated carbocycles. The summed E-state index contributed by atoms with van der Waals surface area (Å²) in [7, 11) is 1.71. The number of hydrogen-bond acceptors (Lipinski definition) is 4. The number of halogens is 3. The second-order valence-corrected chi connectivity index (χ2v) is 5.18. The molecule has 0 atom stereocenters. The molecule has 2 amide bonds. The molecule has 0 spiro atoms. The molecule has 2 N–H and O–H groups in total. The Kier molecular flexibility index (Phi) is 4.16. The summed E-state index contributed by atoms with van der Waals surface area (Å²) in [5.41, 5.74) is 0.221. The maximum atomic E-state index is 12.4. The molecule has 2 heterocycles. The molecule has 0 aromatic carbocycles.